The summed E-state index contributed by atoms with van der Waals surface area (Å²) < 4.78 is 5.10. The van der Waals surface area contributed by atoms with E-state index in [4.69, 9.17) is 22.1 Å². The number of hydrogen-bond acceptors (Lipinski definition) is 3. The van der Waals surface area contributed by atoms with Gasteiger partial charge in [0.2, 0.25) is 5.91 Å². The van der Waals surface area contributed by atoms with Crippen molar-refractivity contribution >= 4 is 23.2 Å². The summed E-state index contributed by atoms with van der Waals surface area (Å²) in [5.41, 5.74) is 5.59. The molecule has 0 spiro atoms. The summed E-state index contributed by atoms with van der Waals surface area (Å²) in [6, 6.07) is 5.11. The number of methoxy groups -OCH3 is 1. The zero-order chi connectivity index (χ0) is 13.8. The fourth-order valence-corrected chi connectivity index (χ4v) is 1.56. The Kier molecular flexibility index (Phi) is 4.99. The van der Waals surface area contributed by atoms with E-state index in [0.717, 1.165) is 0 Å². The molecule has 0 fully saturated rings. The second kappa shape index (κ2) is 6.07. The number of nitrogens with two attached hydrogens (primary N) is 1. The van der Waals surface area contributed by atoms with E-state index in [1.807, 2.05) is 13.8 Å². The lowest BCUT2D eigenvalue weighted by Crippen LogP contribution is -2.39. The molecule has 0 saturated carbocycles. The zero-order valence-corrected chi connectivity index (χ0v) is 11.7. The van der Waals surface area contributed by atoms with Crippen molar-refractivity contribution in [2.45, 2.75) is 20.3 Å². The van der Waals surface area contributed by atoms with Gasteiger partial charge in [-0.2, -0.15) is 0 Å². The normalized spacial score (nSPS) is 13.8. The lowest BCUT2D eigenvalue weighted by atomic mass is 9.86. The van der Waals surface area contributed by atoms with Crippen molar-refractivity contribution < 1.29 is 9.53 Å². The van der Waals surface area contributed by atoms with Crippen molar-refractivity contribution in [2.75, 3.05) is 19.0 Å². The van der Waals surface area contributed by atoms with Crippen LogP contribution in [-0.2, 0) is 4.79 Å². The lowest BCUT2D eigenvalue weighted by Gasteiger charge is -2.25. The Bertz CT molecular complexity index is 431. The first-order valence-electron chi connectivity index (χ1n) is 5.82. The second-order valence-electron chi connectivity index (χ2n) is 4.42. The highest BCUT2D eigenvalue weighted by molar-refractivity contribution is 6.33. The van der Waals surface area contributed by atoms with Crippen LogP contribution in [0.25, 0.3) is 0 Å². The molecule has 1 atom stereocenters. The van der Waals surface area contributed by atoms with Crippen LogP contribution in [0.1, 0.15) is 20.3 Å². The Hall–Kier alpha value is -1.26. The molecule has 0 saturated heterocycles. The molecule has 18 heavy (non-hydrogen) atoms. The molecule has 4 nitrogen and oxygen atoms in total. The highest BCUT2D eigenvalue weighted by Crippen LogP contribution is 2.29. The number of nitrogens with one attached hydrogen (secondary N) is 1. The molecule has 1 aromatic rings. The van der Waals surface area contributed by atoms with Gasteiger partial charge in [-0.25, -0.2) is 0 Å². The topological polar surface area (TPSA) is 64.4 Å². The molecular formula is C13H19ClN2O2. The Morgan fingerprint density at radius 1 is 1.56 bits per heavy atom. The van der Waals surface area contributed by atoms with Crippen LogP contribution >= 0.6 is 11.6 Å². The number of carbonyl (C=O) groups excluding carboxylic acids is 1. The van der Waals surface area contributed by atoms with Gasteiger partial charge in [0.15, 0.2) is 0 Å². The maximum atomic E-state index is 12.2. The van der Waals surface area contributed by atoms with E-state index >= 15 is 0 Å². The van der Waals surface area contributed by atoms with Crippen LogP contribution in [0.3, 0.4) is 0 Å². The van der Waals surface area contributed by atoms with Crippen LogP contribution in [0.15, 0.2) is 18.2 Å². The highest BCUT2D eigenvalue weighted by atomic mass is 35.5. The Morgan fingerprint density at radius 2 is 2.22 bits per heavy atom. The average Bonchev–Trinajstić information content (AvgIpc) is 2.40. The zero-order valence-electron chi connectivity index (χ0n) is 10.9. The minimum absolute atomic E-state index is 0.136. The number of anilines is 1. The largest absolute Gasteiger partial charge is 0.497 e. The summed E-state index contributed by atoms with van der Waals surface area (Å²) in [7, 11) is 1.56. The minimum Gasteiger partial charge on any atom is -0.497 e. The van der Waals surface area contributed by atoms with Gasteiger partial charge in [0.05, 0.1) is 23.2 Å². The van der Waals surface area contributed by atoms with Crippen LogP contribution < -0.4 is 15.8 Å². The lowest BCUT2D eigenvalue weighted by molar-refractivity contribution is -0.124. The van der Waals surface area contributed by atoms with Crippen LogP contribution in [0.4, 0.5) is 5.69 Å². The Morgan fingerprint density at radius 3 is 2.72 bits per heavy atom. The van der Waals surface area contributed by atoms with Crippen molar-refractivity contribution in [1.82, 2.24) is 0 Å². The molecule has 0 aromatic heterocycles. The first-order chi connectivity index (χ1) is 8.46. The van der Waals surface area contributed by atoms with E-state index in [-0.39, 0.29) is 12.5 Å². The predicted molar refractivity (Wildman–Crippen MR) is 74.1 cm³/mol. The number of halogens is 1. The second-order valence-corrected chi connectivity index (χ2v) is 4.83. The molecule has 1 amide bonds. The fourth-order valence-electron chi connectivity index (χ4n) is 1.40. The molecule has 0 aliphatic rings. The van der Waals surface area contributed by atoms with Gasteiger partial charge in [0.25, 0.3) is 0 Å². The SMILES string of the molecule is CCC(C)(CN)C(=O)Nc1cc(OC)ccc1Cl. The molecule has 5 heteroatoms. The van der Waals surface area contributed by atoms with Gasteiger partial charge in [-0.1, -0.05) is 18.5 Å². The predicted octanol–water partition coefficient (Wildman–Crippen LogP) is 2.66. The monoisotopic (exact) mass is 270 g/mol. The summed E-state index contributed by atoms with van der Waals surface area (Å²) in [6.07, 6.45) is 0.664. The molecule has 0 bridgehead atoms. The van der Waals surface area contributed by atoms with Crippen LogP contribution in [-0.4, -0.2) is 19.6 Å². The van der Waals surface area contributed by atoms with Crippen LogP contribution in [0.2, 0.25) is 5.02 Å². The van der Waals surface area contributed by atoms with E-state index in [0.29, 0.717) is 22.9 Å². The molecule has 0 radical (unpaired) electrons. The summed E-state index contributed by atoms with van der Waals surface area (Å²) in [4.78, 5) is 12.2. The van der Waals surface area contributed by atoms with Crippen molar-refractivity contribution in [1.29, 1.82) is 0 Å². The third-order valence-electron chi connectivity index (χ3n) is 3.20. The summed E-state index contributed by atoms with van der Waals surface area (Å²) in [5.74, 6) is 0.503. The molecule has 0 heterocycles. The van der Waals surface area contributed by atoms with Gasteiger partial charge in [-0.3, -0.25) is 4.79 Å². The number of benzene rings is 1. The molecular weight excluding hydrogens is 252 g/mol. The third kappa shape index (κ3) is 3.15. The Balaban J connectivity index is 2.94. The van der Waals surface area contributed by atoms with Crippen molar-refractivity contribution in [3.8, 4) is 5.75 Å². The molecule has 1 unspecified atom stereocenters. The quantitative estimate of drug-likeness (QED) is 0.865. The fraction of sp³-hybridized carbons (Fsp3) is 0.462. The standard InChI is InChI=1S/C13H19ClN2O2/c1-4-13(2,8-15)12(17)16-11-7-9(18-3)5-6-10(11)14/h5-7H,4,8,15H2,1-3H3,(H,16,17). The molecule has 0 aliphatic heterocycles. The van der Waals surface area contributed by atoms with Gasteiger partial charge < -0.3 is 15.8 Å². The maximum absolute atomic E-state index is 12.2. The summed E-state index contributed by atoms with van der Waals surface area (Å²) in [5, 5.41) is 3.27. The average molecular weight is 271 g/mol. The molecule has 0 aliphatic carbocycles. The smallest absolute Gasteiger partial charge is 0.231 e. The van der Waals surface area contributed by atoms with Gasteiger partial charge in [-0.15, -0.1) is 0 Å². The van der Waals surface area contributed by atoms with E-state index in [9.17, 15) is 4.79 Å². The van der Waals surface area contributed by atoms with Gasteiger partial charge in [-0.05, 0) is 25.5 Å². The number of hydrogen-bond donors (Lipinski definition) is 2. The molecule has 100 valence electrons. The van der Waals surface area contributed by atoms with E-state index in [2.05, 4.69) is 5.32 Å². The van der Waals surface area contributed by atoms with Crippen molar-refractivity contribution in [3.63, 3.8) is 0 Å². The van der Waals surface area contributed by atoms with Crippen LogP contribution in [0.5, 0.6) is 5.75 Å². The number of carbonyl (C=O) groups is 1. The molecule has 3 N–H and O–H groups in total. The number of amides is 1. The maximum Gasteiger partial charge on any atom is 0.231 e. The summed E-state index contributed by atoms with van der Waals surface area (Å²) in [6.45, 7) is 4.05. The summed E-state index contributed by atoms with van der Waals surface area (Å²) >= 11 is 6.03. The number of ether oxygens (including phenoxy) is 1. The van der Waals surface area contributed by atoms with Crippen molar-refractivity contribution in [2.24, 2.45) is 11.1 Å². The third-order valence-corrected chi connectivity index (χ3v) is 3.53. The minimum atomic E-state index is -0.591. The van der Waals surface area contributed by atoms with E-state index in [1.54, 1.807) is 25.3 Å². The first-order valence-corrected chi connectivity index (χ1v) is 6.19. The van der Waals surface area contributed by atoms with E-state index in [1.165, 1.54) is 0 Å². The highest BCUT2D eigenvalue weighted by Gasteiger charge is 2.30. The Labute approximate surface area is 112 Å². The van der Waals surface area contributed by atoms with Gasteiger partial charge in [0, 0.05) is 12.6 Å². The van der Waals surface area contributed by atoms with Crippen LogP contribution in [0, 0.1) is 5.41 Å². The number of rotatable bonds is 5. The molecule has 1 rings (SSSR count). The van der Waals surface area contributed by atoms with Gasteiger partial charge >= 0.3 is 0 Å². The van der Waals surface area contributed by atoms with Gasteiger partial charge in [0.1, 0.15) is 5.75 Å². The van der Waals surface area contributed by atoms with Crippen molar-refractivity contribution in [3.05, 3.63) is 23.2 Å². The first kappa shape index (κ1) is 14.8. The van der Waals surface area contributed by atoms with E-state index < -0.39 is 5.41 Å². The molecule has 1 aromatic carbocycles.